The maximum atomic E-state index is 6.15. The van der Waals surface area contributed by atoms with Crippen molar-refractivity contribution < 1.29 is 0 Å². The molecule has 1 aliphatic rings. The summed E-state index contributed by atoms with van der Waals surface area (Å²) in [5.74, 6) is 3.69. The topological polar surface area (TPSA) is 38.9 Å². The van der Waals surface area contributed by atoms with Crippen LogP contribution >= 0.6 is 35.1 Å². The van der Waals surface area contributed by atoms with Gasteiger partial charge in [-0.05, 0) is 11.5 Å². The van der Waals surface area contributed by atoms with E-state index in [1.165, 1.54) is 34.4 Å². The summed E-state index contributed by atoms with van der Waals surface area (Å²) in [5, 5.41) is 2.64. The van der Waals surface area contributed by atoms with Gasteiger partial charge in [0.05, 0.1) is 0 Å². The van der Waals surface area contributed by atoms with E-state index >= 15 is 0 Å². The number of aromatic nitrogens is 1. The van der Waals surface area contributed by atoms with Gasteiger partial charge >= 0.3 is 0 Å². The van der Waals surface area contributed by atoms with Gasteiger partial charge < -0.3 is 5.73 Å². The van der Waals surface area contributed by atoms with Crippen molar-refractivity contribution in [2.45, 2.75) is 11.3 Å². The normalized spacial score (nSPS) is 25.8. The van der Waals surface area contributed by atoms with Crippen molar-refractivity contribution in [3.05, 3.63) is 17.1 Å². The zero-order valence-corrected chi connectivity index (χ0v) is 9.63. The Labute approximate surface area is 90.8 Å². The van der Waals surface area contributed by atoms with Crippen molar-refractivity contribution in [3.8, 4) is 0 Å². The van der Waals surface area contributed by atoms with E-state index in [0.717, 1.165) is 0 Å². The highest BCUT2D eigenvalue weighted by Gasteiger charge is 2.23. The standard InChI is InChI=1S/C8H12N2S3/c9-8(6-3-10-13-4-6)7-5-11-1-2-12-7/h3-4,7-8H,1-2,5,9H2. The van der Waals surface area contributed by atoms with Crippen molar-refractivity contribution in [1.29, 1.82) is 0 Å². The van der Waals surface area contributed by atoms with Gasteiger partial charge in [-0.1, -0.05) is 0 Å². The van der Waals surface area contributed by atoms with E-state index in [2.05, 4.69) is 9.75 Å². The van der Waals surface area contributed by atoms with Crippen LogP contribution in [-0.2, 0) is 0 Å². The van der Waals surface area contributed by atoms with Gasteiger partial charge in [-0.25, -0.2) is 4.37 Å². The molecule has 13 heavy (non-hydrogen) atoms. The summed E-state index contributed by atoms with van der Waals surface area (Å²) in [6, 6.07) is 0.177. The van der Waals surface area contributed by atoms with Crippen LogP contribution in [0.1, 0.15) is 11.6 Å². The van der Waals surface area contributed by atoms with Crippen LogP contribution in [0.25, 0.3) is 0 Å². The number of hydrogen-bond donors (Lipinski definition) is 1. The van der Waals surface area contributed by atoms with Gasteiger partial charge in [-0.3, -0.25) is 0 Å². The van der Waals surface area contributed by atoms with Gasteiger partial charge in [-0.15, -0.1) is 0 Å². The number of hydrogen-bond acceptors (Lipinski definition) is 5. The first-order valence-corrected chi connectivity index (χ1v) is 7.26. The predicted octanol–water partition coefficient (Wildman–Crippen LogP) is 1.99. The third-order valence-electron chi connectivity index (χ3n) is 2.08. The van der Waals surface area contributed by atoms with Gasteiger partial charge in [0, 0.05) is 45.7 Å². The first kappa shape index (κ1) is 9.83. The maximum Gasteiger partial charge on any atom is 0.0455 e. The summed E-state index contributed by atoms with van der Waals surface area (Å²) >= 11 is 5.50. The number of nitrogens with zero attached hydrogens (tertiary/aromatic N) is 1. The van der Waals surface area contributed by atoms with Crippen LogP contribution in [0.15, 0.2) is 11.6 Å². The zero-order chi connectivity index (χ0) is 9.10. The highest BCUT2D eigenvalue weighted by atomic mass is 32.2. The molecule has 2 nitrogen and oxygen atoms in total. The molecule has 0 aromatic carbocycles. The van der Waals surface area contributed by atoms with Crippen LogP contribution in [0.2, 0.25) is 0 Å². The minimum atomic E-state index is 0.177. The molecule has 1 saturated heterocycles. The van der Waals surface area contributed by atoms with E-state index < -0.39 is 0 Å². The summed E-state index contributed by atoms with van der Waals surface area (Å²) < 4.78 is 4.08. The SMILES string of the molecule is NC(c1cnsc1)C1CSCCS1. The Morgan fingerprint density at radius 2 is 2.46 bits per heavy atom. The van der Waals surface area contributed by atoms with Crippen molar-refractivity contribution in [2.24, 2.45) is 5.73 Å². The summed E-state index contributed by atoms with van der Waals surface area (Å²) in [6.45, 7) is 0. The second-order valence-electron chi connectivity index (χ2n) is 2.97. The molecule has 1 aromatic heterocycles. The number of thioether (sulfide) groups is 2. The molecular formula is C8H12N2S3. The molecule has 5 heteroatoms. The minimum absolute atomic E-state index is 0.177. The number of nitrogens with two attached hydrogens (primary N) is 1. The molecule has 0 radical (unpaired) electrons. The summed E-state index contributed by atoms with van der Waals surface area (Å²) in [7, 11) is 0. The molecule has 0 saturated carbocycles. The molecule has 1 aromatic rings. The molecule has 2 rings (SSSR count). The Bertz CT molecular complexity index is 244. The van der Waals surface area contributed by atoms with E-state index in [1.807, 2.05) is 29.7 Å². The molecule has 0 aliphatic carbocycles. The maximum absolute atomic E-state index is 6.15. The first-order chi connectivity index (χ1) is 6.38. The van der Waals surface area contributed by atoms with Crippen LogP contribution in [0.5, 0.6) is 0 Å². The molecule has 2 unspecified atom stereocenters. The van der Waals surface area contributed by atoms with Crippen LogP contribution < -0.4 is 5.73 Å². The van der Waals surface area contributed by atoms with Crippen LogP contribution in [0.4, 0.5) is 0 Å². The molecule has 1 fully saturated rings. The number of rotatable bonds is 2. The molecule has 2 heterocycles. The average molecular weight is 232 g/mol. The Kier molecular flexibility index (Phi) is 3.54. The third kappa shape index (κ3) is 2.40. The van der Waals surface area contributed by atoms with E-state index in [4.69, 9.17) is 5.73 Å². The van der Waals surface area contributed by atoms with E-state index in [-0.39, 0.29) is 6.04 Å². The highest BCUT2D eigenvalue weighted by Crippen LogP contribution is 2.32. The van der Waals surface area contributed by atoms with Crippen molar-refractivity contribution in [2.75, 3.05) is 17.3 Å². The van der Waals surface area contributed by atoms with E-state index in [9.17, 15) is 0 Å². The fourth-order valence-electron chi connectivity index (χ4n) is 1.31. The predicted molar refractivity (Wildman–Crippen MR) is 62.6 cm³/mol. The average Bonchev–Trinajstić information content (AvgIpc) is 2.71. The molecule has 0 spiro atoms. The van der Waals surface area contributed by atoms with Gasteiger partial charge in [0.25, 0.3) is 0 Å². The molecule has 2 atom stereocenters. The van der Waals surface area contributed by atoms with E-state index in [0.29, 0.717) is 5.25 Å². The van der Waals surface area contributed by atoms with E-state index in [1.54, 1.807) is 0 Å². The quantitative estimate of drug-likeness (QED) is 0.846. The lowest BCUT2D eigenvalue weighted by Gasteiger charge is -2.25. The second-order valence-corrected chi connectivity index (χ2v) is 6.12. The zero-order valence-electron chi connectivity index (χ0n) is 7.18. The Morgan fingerprint density at radius 1 is 1.54 bits per heavy atom. The van der Waals surface area contributed by atoms with Crippen LogP contribution in [0.3, 0.4) is 0 Å². The van der Waals surface area contributed by atoms with Gasteiger partial charge in [0.2, 0.25) is 0 Å². The van der Waals surface area contributed by atoms with Gasteiger partial charge in [0.1, 0.15) is 0 Å². The lowest BCUT2D eigenvalue weighted by atomic mass is 10.1. The fourth-order valence-corrected chi connectivity index (χ4v) is 4.69. The van der Waals surface area contributed by atoms with Crippen molar-refractivity contribution >= 4 is 35.1 Å². The molecular weight excluding hydrogens is 220 g/mol. The largest absolute Gasteiger partial charge is 0.323 e. The monoisotopic (exact) mass is 232 g/mol. The summed E-state index contributed by atoms with van der Waals surface area (Å²) in [4.78, 5) is 0. The van der Waals surface area contributed by atoms with Crippen LogP contribution in [0, 0.1) is 0 Å². The summed E-state index contributed by atoms with van der Waals surface area (Å²) in [6.07, 6.45) is 1.90. The fraction of sp³-hybridized carbons (Fsp3) is 0.625. The second kappa shape index (κ2) is 4.68. The Morgan fingerprint density at radius 3 is 3.08 bits per heavy atom. The lowest BCUT2D eigenvalue weighted by Crippen LogP contribution is -2.28. The third-order valence-corrected chi connectivity index (χ3v) is 5.57. The smallest absolute Gasteiger partial charge is 0.0455 e. The highest BCUT2D eigenvalue weighted by molar-refractivity contribution is 8.06. The van der Waals surface area contributed by atoms with Crippen molar-refractivity contribution in [3.63, 3.8) is 0 Å². The van der Waals surface area contributed by atoms with Crippen LogP contribution in [-0.4, -0.2) is 26.9 Å². The molecule has 2 N–H and O–H groups in total. The molecule has 1 aliphatic heterocycles. The van der Waals surface area contributed by atoms with Crippen molar-refractivity contribution in [1.82, 2.24) is 4.37 Å². The molecule has 72 valence electrons. The first-order valence-electron chi connectivity index (χ1n) is 4.22. The minimum Gasteiger partial charge on any atom is -0.323 e. The Hall–Kier alpha value is 0.290. The van der Waals surface area contributed by atoms with Gasteiger partial charge in [0.15, 0.2) is 0 Å². The lowest BCUT2D eigenvalue weighted by molar-refractivity contribution is 0.721. The molecule has 0 amide bonds. The van der Waals surface area contributed by atoms with Gasteiger partial charge in [-0.2, -0.15) is 23.5 Å². The Balaban J connectivity index is 1.99. The summed E-state index contributed by atoms with van der Waals surface area (Å²) in [5.41, 5.74) is 7.35. The molecule has 0 bridgehead atoms.